The lowest BCUT2D eigenvalue weighted by Crippen LogP contribution is -2.45. The predicted molar refractivity (Wildman–Crippen MR) is 233 cm³/mol. The number of carbonyl (C=O) groups is 6. The van der Waals surface area contributed by atoms with E-state index in [9.17, 15) is 44.1 Å². The first-order valence-corrected chi connectivity index (χ1v) is 21.1. The second-order valence-electron chi connectivity index (χ2n) is 16.2. The van der Waals surface area contributed by atoms with Crippen molar-refractivity contribution in [3.05, 3.63) is 107 Å². The number of Topliss-reactive ketones (excluding diaryl/α,β-unsaturated/α-hetero) is 3. The van der Waals surface area contributed by atoms with E-state index in [2.05, 4.69) is 36.5 Å². The lowest BCUT2D eigenvalue weighted by Gasteiger charge is -2.32. The van der Waals surface area contributed by atoms with Crippen molar-refractivity contribution in [2.45, 2.75) is 96.6 Å². The Kier molecular flexibility index (Phi) is 16.1. The maximum atomic E-state index is 14.5. The van der Waals surface area contributed by atoms with Crippen LogP contribution in [-0.4, -0.2) is 75.0 Å². The van der Waals surface area contributed by atoms with Gasteiger partial charge in [-0.25, -0.2) is 4.79 Å². The molecule has 5 rings (SSSR count). The Morgan fingerprint density at radius 3 is 2.10 bits per heavy atom. The van der Waals surface area contributed by atoms with Gasteiger partial charge in [0.25, 0.3) is 0 Å². The number of benzene rings is 4. The maximum absolute atomic E-state index is 14.5. The SMILES string of the molecule is CCCc1ccc(-c2ccc(C(=O)CCCC(=O)C[C@@H](CCCCN)C(=O)N(C)[C@@H]3C(=O)C[C@@H](C)C(=O)N[C@H](C(=O)O)Cc4ccc(O)c(c4)-c4cc3ccc4O)cc2)cc1. The van der Waals surface area contributed by atoms with Crippen molar-refractivity contribution < 1.29 is 44.1 Å². The third-order valence-electron chi connectivity index (χ3n) is 11.5. The highest BCUT2D eigenvalue weighted by atomic mass is 16.4. The molecule has 0 aromatic heterocycles. The highest BCUT2D eigenvalue weighted by Crippen LogP contribution is 2.39. The van der Waals surface area contributed by atoms with Crippen molar-refractivity contribution in [2.24, 2.45) is 17.6 Å². The number of unbranched alkanes of at least 4 members (excludes halogenated alkanes) is 1. The minimum Gasteiger partial charge on any atom is -0.507 e. The summed E-state index contributed by atoms with van der Waals surface area (Å²) in [7, 11) is 1.45. The molecule has 0 aliphatic carbocycles. The van der Waals surface area contributed by atoms with Crippen LogP contribution in [0, 0.1) is 11.8 Å². The van der Waals surface area contributed by atoms with Gasteiger partial charge in [0, 0.05) is 67.7 Å². The number of aryl methyl sites for hydroxylation is 1. The lowest BCUT2D eigenvalue weighted by atomic mass is 9.88. The lowest BCUT2D eigenvalue weighted by molar-refractivity contribution is -0.144. The molecule has 322 valence electrons. The first-order chi connectivity index (χ1) is 29.2. The molecule has 61 heavy (non-hydrogen) atoms. The average molecular weight is 832 g/mol. The van der Waals surface area contributed by atoms with Crippen molar-refractivity contribution >= 4 is 35.1 Å². The molecule has 4 atom stereocenters. The first kappa shape index (κ1) is 45.9. The van der Waals surface area contributed by atoms with Crippen LogP contribution < -0.4 is 11.1 Å². The van der Waals surface area contributed by atoms with Gasteiger partial charge in [0.15, 0.2) is 11.6 Å². The summed E-state index contributed by atoms with van der Waals surface area (Å²) in [4.78, 5) is 82.1. The third kappa shape index (κ3) is 12.0. The van der Waals surface area contributed by atoms with Crippen LogP contribution in [0.4, 0.5) is 0 Å². The summed E-state index contributed by atoms with van der Waals surface area (Å²) in [5.41, 5.74) is 10.7. The monoisotopic (exact) mass is 831 g/mol. The molecule has 4 bridgehead atoms. The molecule has 1 heterocycles. The topological polar surface area (TPSA) is 204 Å². The predicted octanol–water partition coefficient (Wildman–Crippen LogP) is 7.36. The second-order valence-corrected chi connectivity index (χ2v) is 16.2. The number of hydrogen-bond donors (Lipinski definition) is 5. The standard InChI is InChI=1S/C49H57N3O9/c1-4-8-31-12-15-33(16-13-31)34-17-19-35(20-18-34)42(54)11-7-10-38(53)28-37(9-5-6-24-50)48(59)52(3)46-36-21-23-44(56)40(29-36)39-26-32(14-22-43(39)55)27-41(49(60)61)51-47(58)30(2)25-45(46)57/h12-23,26,29-30,37,41,46,55-56H,4-11,24-25,27-28,50H2,1-3H3,(H,51,58)(H,60,61)/t30-,37-,41+,46+/m1/s1. The van der Waals surface area contributed by atoms with Crippen molar-refractivity contribution in [3.63, 3.8) is 0 Å². The summed E-state index contributed by atoms with van der Waals surface area (Å²) >= 11 is 0. The van der Waals surface area contributed by atoms with E-state index in [4.69, 9.17) is 5.73 Å². The molecule has 0 spiro atoms. The number of nitrogens with one attached hydrogen (secondary N) is 1. The summed E-state index contributed by atoms with van der Waals surface area (Å²) in [6, 6.07) is 21.9. The Bertz CT molecular complexity index is 2220. The van der Waals surface area contributed by atoms with E-state index in [1.54, 1.807) is 12.1 Å². The molecule has 0 saturated carbocycles. The van der Waals surface area contributed by atoms with Gasteiger partial charge in [0.05, 0.1) is 0 Å². The molecule has 12 heteroatoms. The van der Waals surface area contributed by atoms with Gasteiger partial charge >= 0.3 is 5.97 Å². The Morgan fingerprint density at radius 2 is 1.46 bits per heavy atom. The van der Waals surface area contributed by atoms with Crippen molar-refractivity contribution in [1.29, 1.82) is 0 Å². The minimum absolute atomic E-state index is 0.0779. The van der Waals surface area contributed by atoms with Crippen LogP contribution in [0.5, 0.6) is 11.5 Å². The van der Waals surface area contributed by atoms with Crippen LogP contribution in [0.1, 0.15) is 105 Å². The van der Waals surface area contributed by atoms with E-state index in [1.165, 1.54) is 60.8 Å². The molecule has 1 aliphatic heterocycles. The molecule has 6 N–H and O–H groups in total. The molecule has 0 fully saturated rings. The smallest absolute Gasteiger partial charge is 0.326 e. The number of likely N-dealkylation sites (N-methyl/N-ethyl adjacent to an activating group) is 1. The van der Waals surface area contributed by atoms with Crippen LogP contribution in [0.3, 0.4) is 0 Å². The minimum atomic E-state index is -1.35. The van der Waals surface area contributed by atoms with Gasteiger partial charge in [-0.3, -0.25) is 24.0 Å². The number of aliphatic carboxylic acids is 1. The van der Waals surface area contributed by atoms with Crippen LogP contribution >= 0.6 is 0 Å². The van der Waals surface area contributed by atoms with Crippen LogP contribution in [0.25, 0.3) is 22.3 Å². The highest BCUT2D eigenvalue weighted by molar-refractivity contribution is 5.97. The second kappa shape index (κ2) is 21.4. The van der Waals surface area contributed by atoms with E-state index in [-0.39, 0.29) is 66.3 Å². The fourth-order valence-corrected chi connectivity index (χ4v) is 7.98. The number of carboxylic acid groups (broad SMARTS) is 1. The van der Waals surface area contributed by atoms with Crippen LogP contribution in [-0.2, 0) is 36.8 Å². The van der Waals surface area contributed by atoms with Crippen molar-refractivity contribution in [1.82, 2.24) is 10.2 Å². The molecule has 0 saturated heterocycles. The number of hydrogen-bond acceptors (Lipinski definition) is 9. The first-order valence-electron chi connectivity index (χ1n) is 21.1. The van der Waals surface area contributed by atoms with Crippen molar-refractivity contribution in [3.8, 4) is 33.8 Å². The normalized spacial score (nSPS) is 17.1. The molecule has 4 aromatic rings. The van der Waals surface area contributed by atoms with Gasteiger partial charge < -0.3 is 31.3 Å². The van der Waals surface area contributed by atoms with E-state index >= 15 is 0 Å². The quantitative estimate of drug-likeness (QED) is 0.0528. The average Bonchev–Trinajstić information content (AvgIpc) is 3.24. The number of aromatic hydroxyl groups is 2. The molecular weight excluding hydrogens is 775 g/mol. The van der Waals surface area contributed by atoms with E-state index in [0.29, 0.717) is 48.9 Å². The fraction of sp³-hybridized carbons (Fsp3) is 0.388. The van der Waals surface area contributed by atoms with Gasteiger partial charge in [-0.1, -0.05) is 87.4 Å². The van der Waals surface area contributed by atoms with Crippen LogP contribution in [0.15, 0.2) is 84.9 Å². The number of ketones is 3. The van der Waals surface area contributed by atoms with E-state index in [1.807, 2.05) is 12.1 Å². The van der Waals surface area contributed by atoms with E-state index in [0.717, 1.165) is 24.0 Å². The van der Waals surface area contributed by atoms with Gasteiger partial charge in [-0.15, -0.1) is 0 Å². The summed E-state index contributed by atoms with van der Waals surface area (Å²) in [5, 5.41) is 34.3. The molecule has 2 amide bonds. The summed E-state index contributed by atoms with van der Waals surface area (Å²) in [5.74, 6) is -5.50. The number of rotatable bonds is 17. The Balaban J connectivity index is 1.33. The number of carbonyl (C=O) groups excluding carboxylic acids is 5. The maximum Gasteiger partial charge on any atom is 0.326 e. The summed E-state index contributed by atoms with van der Waals surface area (Å²) in [6.45, 7) is 4.03. The van der Waals surface area contributed by atoms with Gasteiger partial charge in [0.1, 0.15) is 29.4 Å². The van der Waals surface area contributed by atoms with Gasteiger partial charge in [-0.05, 0) is 84.3 Å². The number of nitrogens with two attached hydrogens (primary N) is 1. The van der Waals surface area contributed by atoms with E-state index < -0.39 is 47.5 Å². The summed E-state index contributed by atoms with van der Waals surface area (Å²) in [6.07, 6.45) is 3.49. The molecular formula is C49H57N3O9. The highest BCUT2D eigenvalue weighted by Gasteiger charge is 2.36. The van der Waals surface area contributed by atoms with Gasteiger partial charge in [0.2, 0.25) is 11.8 Å². The zero-order valence-electron chi connectivity index (χ0n) is 35.2. The number of fused-ring (bicyclic) bond motifs is 5. The molecule has 0 radical (unpaired) electrons. The fourth-order valence-electron chi connectivity index (χ4n) is 7.98. The molecule has 12 nitrogen and oxygen atoms in total. The Morgan fingerprint density at radius 1 is 0.820 bits per heavy atom. The zero-order valence-corrected chi connectivity index (χ0v) is 35.2. The largest absolute Gasteiger partial charge is 0.507 e. The van der Waals surface area contributed by atoms with Gasteiger partial charge in [-0.2, -0.15) is 0 Å². The number of nitrogens with zero attached hydrogens (tertiary/aromatic N) is 1. The molecule has 4 aromatic carbocycles. The zero-order chi connectivity index (χ0) is 44.2. The molecule has 0 unspecified atom stereocenters. The third-order valence-corrected chi connectivity index (χ3v) is 11.5. The Hall–Kier alpha value is -6.14. The Labute approximate surface area is 357 Å². The summed E-state index contributed by atoms with van der Waals surface area (Å²) < 4.78 is 0. The van der Waals surface area contributed by atoms with Crippen molar-refractivity contribution in [2.75, 3.05) is 13.6 Å². The van der Waals surface area contributed by atoms with Crippen LogP contribution in [0.2, 0.25) is 0 Å². The molecule has 1 aliphatic rings. The number of phenolic OH excluding ortho intramolecular Hbond substituents is 2. The number of carboxylic acids is 1. The number of phenols is 2. The number of amides is 2.